The molecule has 1 rings (SSSR count). The number of hydrogen-bond donors (Lipinski definition) is 3. The lowest BCUT2D eigenvalue weighted by Crippen LogP contribution is -2.36. The number of isothiocyanates is 1. The molecule has 0 aliphatic rings. The third kappa shape index (κ3) is 10.3. The lowest BCUT2D eigenvalue weighted by molar-refractivity contribution is -0.141. The lowest BCUT2D eigenvalue weighted by Gasteiger charge is -2.19. The zero-order valence-corrected chi connectivity index (χ0v) is 17.3. The molecule has 12 heteroatoms. The van der Waals surface area contributed by atoms with Crippen LogP contribution in [0.2, 0.25) is 0 Å². The molecule has 0 aliphatic heterocycles. The van der Waals surface area contributed by atoms with E-state index >= 15 is 0 Å². The molecule has 1 aromatic carbocycles. The van der Waals surface area contributed by atoms with E-state index in [0.717, 1.165) is 0 Å². The van der Waals surface area contributed by atoms with Crippen LogP contribution < -0.4 is 10.5 Å². The first-order valence-corrected chi connectivity index (χ1v) is 7.97. The molecule has 0 aliphatic carbocycles. The van der Waals surface area contributed by atoms with Gasteiger partial charge in [-0.1, -0.05) is 0 Å². The minimum Gasteiger partial charge on any atom is -0.480 e. The number of esters is 1. The Hall–Kier alpha value is -2.07. The summed E-state index contributed by atoms with van der Waals surface area (Å²) < 4.78 is 5.23. The van der Waals surface area contributed by atoms with E-state index in [4.69, 9.17) is 20.7 Å². The Labute approximate surface area is 179 Å². The second-order valence-electron chi connectivity index (χ2n) is 5.45. The number of nitrogens with zero attached hydrogens (tertiary/aromatic N) is 2. The van der Waals surface area contributed by atoms with E-state index in [-0.39, 0.29) is 43.5 Å². The van der Waals surface area contributed by atoms with Gasteiger partial charge in [-0.2, -0.15) is 4.99 Å². The zero-order valence-electron chi connectivity index (χ0n) is 14.9. The maximum absolute atomic E-state index is 11.7. The standard InChI is InChI=1S/C16H19N3O6S.2ClH/c1-10(17)16(24)25-13-3-2-12(18-9-26)6-11(13)4-5-19(7-14(20)21)8-15(22)23;;/h2-3,6,10H,4-5,7-8,17H2,1H3,(H,20,21)(H,22,23);2*1H/t10-;;/m0../s1. The van der Waals surface area contributed by atoms with Crippen LogP contribution in [0, 0.1) is 0 Å². The van der Waals surface area contributed by atoms with Crippen molar-refractivity contribution in [1.82, 2.24) is 4.90 Å². The van der Waals surface area contributed by atoms with Crippen LogP contribution in [0.1, 0.15) is 12.5 Å². The third-order valence-corrected chi connectivity index (χ3v) is 3.31. The summed E-state index contributed by atoms with van der Waals surface area (Å²) in [7, 11) is 0. The van der Waals surface area contributed by atoms with Crippen molar-refractivity contribution in [3.8, 4) is 5.75 Å². The molecule has 0 heterocycles. The molecule has 1 atom stereocenters. The second-order valence-corrected chi connectivity index (χ2v) is 5.64. The van der Waals surface area contributed by atoms with Gasteiger partial charge in [0.05, 0.1) is 23.9 Å². The predicted molar refractivity (Wildman–Crippen MR) is 110 cm³/mol. The van der Waals surface area contributed by atoms with E-state index in [9.17, 15) is 14.4 Å². The van der Waals surface area contributed by atoms with E-state index in [0.29, 0.717) is 11.3 Å². The number of thiocarbonyl (C=S) groups is 1. The molecule has 0 fully saturated rings. The summed E-state index contributed by atoms with van der Waals surface area (Å²) in [6.07, 6.45) is 0.225. The Kier molecular flexibility index (Phi) is 14.1. The summed E-state index contributed by atoms with van der Waals surface area (Å²) in [5.74, 6) is -2.69. The fourth-order valence-electron chi connectivity index (χ4n) is 2.06. The molecule has 0 spiro atoms. The molecule has 0 aromatic heterocycles. The number of ether oxygens (including phenoxy) is 1. The minimum atomic E-state index is -1.14. The van der Waals surface area contributed by atoms with Gasteiger partial charge in [-0.25, -0.2) is 4.79 Å². The highest BCUT2D eigenvalue weighted by molar-refractivity contribution is 7.78. The maximum Gasteiger partial charge on any atom is 0.328 e. The molecule has 0 unspecified atom stereocenters. The number of carbonyl (C=O) groups excluding carboxylic acids is 1. The Morgan fingerprint density at radius 3 is 2.29 bits per heavy atom. The van der Waals surface area contributed by atoms with Crippen LogP contribution in [0.3, 0.4) is 0 Å². The van der Waals surface area contributed by atoms with Gasteiger partial charge in [0.2, 0.25) is 0 Å². The van der Waals surface area contributed by atoms with Crippen LogP contribution in [-0.2, 0) is 20.8 Å². The molecule has 4 N–H and O–H groups in total. The van der Waals surface area contributed by atoms with Crippen molar-refractivity contribution in [2.75, 3.05) is 19.6 Å². The summed E-state index contributed by atoms with van der Waals surface area (Å²) in [6.45, 7) is 0.735. The second kappa shape index (κ2) is 14.0. The molecule has 0 saturated carbocycles. The highest BCUT2D eigenvalue weighted by Gasteiger charge is 2.17. The number of halogens is 2. The number of hydrogen-bond acceptors (Lipinski definition) is 8. The molecule has 0 bridgehead atoms. The summed E-state index contributed by atoms with van der Waals surface area (Å²) in [5, 5.41) is 20.0. The molecule has 0 amide bonds. The predicted octanol–water partition coefficient (Wildman–Crippen LogP) is 1.53. The van der Waals surface area contributed by atoms with Crippen molar-refractivity contribution >= 4 is 65.8 Å². The van der Waals surface area contributed by atoms with Gasteiger partial charge >= 0.3 is 17.9 Å². The van der Waals surface area contributed by atoms with Gasteiger partial charge in [-0.05, 0) is 49.3 Å². The Balaban J connectivity index is 0. The number of aliphatic imine (C=N–C) groups is 1. The van der Waals surface area contributed by atoms with Crippen molar-refractivity contribution in [3.63, 3.8) is 0 Å². The molecular weight excluding hydrogens is 433 g/mol. The lowest BCUT2D eigenvalue weighted by atomic mass is 10.1. The number of carboxylic acids is 2. The highest BCUT2D eigenvalue weighted by atomic mass is 35.5. The average molecular weight is 454 g/mol. The number of benzene rings is 1. The van der Waals surface area contributed by atoms with Crippen LogP contribution in [0.5, 0.6) is 5.75 Å². The molecule has 28 heavy (non-hydrogen) atoms. The summed E-state index contributed by atoms with van der Waals surface area (Å²) in [4.78, 5) is 38.6. The van der Waals surface area contributed by atoms with E-state index in [1.807, 2.05) is 0 Å². The molecule has 9 nitrogen and oxygen atoms in total. The van der Waals surface area contributed by atoms with Crippen molar-refractivity contribution in [2.45, 2.75) is 19.4 Å². The number of nitrogens with two attached hydrogens (primary N) is 1. The van der Waals surface area contributed by atoms with Gasteiger partial charge in [0.15, 0.2) is 0 Å². The van der Waals surface area contributed by atoms with Gasteiger partial charge in [0.1, 0.15) is 11.8 Å². The number of aliphatic carboxylic acids is 2. The van der Waals surface area contributed by atoms with Crippen molar-refractivity contribution < 1.29 is 29.3 Å². The van der Waals surface area contributed by atoms with Gasteiger partial charge < -0.3 is 20.7 Å². The van der Waals surface area contributed by atoms with Gasteiger partial charge in [-0.3, -0.25) is 14.5 Å². The first-order chi connectivity index (χ1) is 12.2. The summed E-state index contributed by atoms with van der Waals surface area (Å²) >= 11 is 4.56. The number of rotatable bonds is 10. The topological polar surface area (TPSA) is 143 Å². The van der Waals surface area contributed by atoms with Crippen LogP contribution >= 0.6 is 37.0 Å². The van der Waals surface area contributed by atoms with E-state index in [1.54, 1.807) is 12.1 Å². The number of carbonyl (C=O) groups is 3. The average Bonchev–Trinajstić information content (AvgIpc) is 2.53. The summed E-state index contributed by atoms with van der Waals surface area (Å²) in [5.41, 5.74) is 6.49. The van der Waals surface area contributed by atoms with Crippen LogP contribution in [0.25, 0.3) is 0 Å². The van der Waals surface area contributed by atoms with Gasteiger partial charge in [0.25, 0.3) is 0 Å². The molecule has 0 saturated heterocycles. The van der Waals surface area contributed by atoms with E-state index < -0.39 is 37.0 Å². The normalized spacial score (nSPS) is 10.7. The van der Waals surface area contributed by atoms with Crippen LogP contribution in [0.4, 0.5) is 5.69 Å². The maximum atomic E-state index is 11.7. The molecule has 156 valence electrons. The smallest absolute Gasteiger partial charge is 0.328 e. The Morgan fingerprint density at radius 1 is 1.25 bits per heavy atom. The van der Waals surface area contributed by atoms with E-state index in [2.05, 4.69) is 22.4 Å². The van der Waals surface area contributed by atoms with Crippen LogP contribution in [-0.4, -0.2) is 63.9 Å². The largest absolute Gasteiger partial charge is 0.480 e. The van der Waals surface area contributed by atoms with Crippen molar-refractivity contribution in [3.05, 3.63) is 23.8 Å². The van der Waals surface area contributed by atoms with Crippen LogP contribution in [0.15, 0.2) is 23.2 Å². The highest BCUT2D eigenvalue weighted by Crippen LogP contribution is 2.25. The SMILES string of the molecule is C[C@H](N)C(=O)Oc1ccc(N=C=S)cc1CCN(CC(=O)O)CC(=O)O.Cl.Cl. The van der Waals surface area contributed by atoms with E-state index in [1.165, 1.54) is 17.9 Å². The monoisotopic (exact) mass is 453 g/mol. The first kappa shape index (κ1) is 28.1. The Bertz CT molecular complexity index is 725. The summed E-state index contributed by atoms with van der Waals surface area (Å²) in [6, 6.07) is 3.86. The minimum absolute atomic E-state index is 0. The quantitative estimate of drug-likeness (QED) is 0.208. The third-order valence-electron chi connectivity index (χ3n) is 3.22. The van der Waals surface area contributed by atoms with Gasteiger partial charge in [0, 0.05) is 6.54 Å². The van der Waals surface area contributed by atoms with Crippen molar-refractivity contribution in [2.24, 2.45) is 10.7 Å². The first-order valence-electron chi connectivity index (χ1n) is 7.57. The van der Waals surface area contributed by atoms with Gasteiger partial charge in [-0.15, -0.1) is 24.8 Å². The number of carboxylic acid groups (broad SMARTS) is 2. The molecule has 1 aromatic rings. The Morgan fingerprint density at radius 2 is 1.82 bits per heavy atom. The fourth-order valence-corrected chi connectivity index (χ4v) is 2.16. The molecule has 0 radical (unpaired) electrons. The fraction of sp³-hybridized carbons (Fsp3) is 0.375. The van der Waals surface area contributed by atoms with Crippen molar-refractivity contribution in [1.29, 1.82) is 0 Å². The molecular formula is C16H21Cl2N3O6S. The zero-order chi connectivity index (χ0) is 19.7.